The Bertz CT molecular complexity index is 574. The van der Waals surface area contributed by atoms with Crippen LogP contribution in [0, 0.1) is 11.7 Å². The van der Waals surface area contributed by atoms with E-state index in [9.17, 15) is 9.18 Å². The number of hydrogen-bond acceptors (Lipinski definition) is 4. The fourth-order valence-electron chi connectivity index (χ4n) is 3.11. The first-order valence-electron chi connectivity index (χ1n) is 9.06. The summed E-state index contributed by atoms with van der Waals surface area (Å²) in [6.07, 6.45) is 3.45. The average Bonchev–Trinajstić information content (AvgIpc) is 3.33. The van der Waals surface area contributed by atoms with E-state index in [1.54, 1.807) is 30.1 Å². The Hall–Kier alpha value is -1.66. The van der Waals surface area contributed by atoms with E-state index < -0.39 is 0 Å². The zero-order chi connectivity index (χ0) is 17.6. The number of carbonyl (C=O) groups is 1. The van der Waals surface area contributed by atoms with E-state index >= 15 is 0 Å². The van der Waals surface area contributed by atoms with Gasteiger partial charge in [-0.1, -0.05) is 12.1 Å². The van der Waals surface area contributed by atoms with E-state index in [4.69, 9.17) is 9.47 Å². The summed E-state index contributed by atoms with van der Waals surface area (Å²) < 4.78 is 24.4. The van der Waals surface area contributed by atoms with Gasteiger partial charge in [-0.05, 0) is 37.3 Å². The van der Waals surface area contributed by atoms with Gasteiger partial charge in [-0.2, -0.15) is 0 Å². The lowest BCUT2D eigenvalue weighted by Gasteiger charge is -2.27. The first-order chi connectivity index (χ1) is 12.1. The summed E-state index contributed by atoms with van der Waals surface area (Å²) in [4.78, 5) is 16.5. The minimum atomic E-state index is -0.379. The fraction of sp³-hybridized carbons (Fsp3) is 0.632. The number of rotatable bonds is 9. The normalized spacial score (nSPS) is 20.0. The topological polar surface area (TPSA) is 42.0 Å². The van der Waals surface area contributed by atoms with Crippen molar-refractivity contribution in [2.45, 2.75) is 25.3 Å². The van der Waals surface area contributed by atoms with E-state index in [-0.39, 0.29) is 24.1 Å². The summed E-state index contributed by atoms with van der Waals surface area (Å²) in [5.74, 6) is 0.477. The highest BCUT2D eigenvalue weighted by molar-refractivity contribution is 5.78. The molecule has 25 heavy (non-hydrogen) atoms. The van der Waals surface area contributed by atoms with Crippen molar-refractivity contribution in [3.05, 3.63) is 30.1 Å². The number of carbonyl (C=O) groups excluding carboxylic acids is 1. The summed E-state index contributed by atoms with van der Waals surface area (Å²) in [5, 5.41) is 0. The van der Waals surface area contributed by atoms with Crippen LogP contribution in [0.1, 0.15) is 19.3 Å². The summed E-state index contributed by atoms with van der Waals surface area (Å²) in [6.45, 7) is 3.75. The van der Waals surface area contributed by atoms with Crippen LogP contribution in [0.2, 0.25) is 0 Å². The number of amides is 1. The van der Waals surface area contributed by atoms with Crippen molar-refractivity contribution in [1.82, 2.24) is 9.80 Å². The van der Waals surface area contributed by atoms with E-state index in [1.807, 2.05) is 0 Å². The van der Waals surface area contributed by atoms with Crippen LogP contribution >= 0.6 is 0 Å². The number of benzene rings is 1. The lowest BCUT2D eigenvalue weighted by atomic mass is 10.1. The van der Waals surface area contributed by atoms with Crippen LogP contribution < -0.4 is 4.74 Å². The van der Waals surface area contributed by atoms with Crippen molar-refractivity contribution in [3.8, 4) is 5.75 Å². The zero-order valence-electron chi connectivity index (χ0n) is 14.8. The van der Waals surface area contributed by atoms with Crippen molar-refractivity contribution in [3.63, 3.8) is 0 Å². The quantitative estimate of drug-likeness (QED) is 0.684. The molecule has 1 amide bonds. The summed E-state index contributed by atoms with van der Waals surface area (Å²) in [7, 11) is 1.77. The summed E-state index contributed by atoms with van der Waals surface area (Å²) >= 11 is 0. The molecule has 0 radical (unpaired) electrons. The molecule has 1 aliphatic carbocycles. The van der Waals surface area contributed by atoms with E-state index in [0.717, 1.165) is 26.2 Å². The molecular weight excluding hydrogens is 323 g/mol. The Balaban J connectivity index is 1.42. The number of likely N-dealkylation sites (N-methyl/N-ethyl adjacent to an activating group) is 1. The predicted molar refractivity (Wildman–Crippen MR) is 93.1 cm³/mol. The summed E-state index contributed by atoms with van der Waals surface area (Å²) in [5.41, 5.74) is 0. The molecule has 1 saturated heterocycles. The Morgan fingerprint density at radius 2 is 2.12 bits per heavy atom. The molecule has 0 spiro atoms. The average molecular weight is 350 g/mol. The number of ether oxygens (including phenoxy) is 2. The van der Waals surface area contributed by atoms with Gasteiger partial charge in [0, 0.05) is 26.2 Å². The van der Waals surface area contributed by atoms with Crippen molar-refractivity contribution in [2.75, 3.05) is 46.5 Å². The second-order valence-electron chi connectivity index (χ2n) is 6.98. The molecule has 3 rings (SSSR count). The van der Waals surface area contributed by atoms with E-state index in [2.05, 4.69) is 4.90 Å². The number of para-hydroxylation sites is 1. The van der Waals surface area contributed by atoms with Gasteiger partial charge in [-0.15, -0.1) is 0 Å². The zero-order valence-corrected chi connectivity index (χ0v) is 14.8. The van der Waals surface area contributed by atoms with Crippen LogP contribution in [0.5, 0.6) is 5.75 Å². The van der Waals surface area contributed by atoms with Crippen LogP contribution in [0.3, 0.4) is 0 Å². The molecule has 1 unspecified atom stereocenters. The molecule has 1 saturated carbocycles. The maximum absolute atomic E-state index is 13.5. The minimum absolute atomic E-state index is 0.0861. The highest BCUT2D eigenvalue weighted by Crippen LogP contribution is 2.28. The van der Waals surface area contributed by atoms with Crippen LogP contribution in [0.25, 0.3) is 0 Å². The standard InChI is InChI=1S/C19H27FN2O3/c1-21(9-11-25-18-5-3-2-4-17(18)20)19(23)13-22(16-6-7-16)12-15-8-10-24-14-15/h2-5,15-16H,6-14H2,1H3. The maximum Gasteiger partial charge on any atom is 0.236 e. The largest absolute Gasteiger partial charge is 0.489 e. The predicted octanol–water partition coefficient (Wildman–Crippen LogP) is 2.16. The first-order valence-corrected chi connectivity index (χ1v) is 9.06. The SMILES string of the molecule is CN(CCOc1ccccc1F)C(=O)CN(CC1CCOC1)C1CC1. The van der Waals surface area contributed by atoms with E-state index in [1.165, 1.54) is 18.9 Å². The van der Waals surface area contributed by atoms with Gasteiger partial charge in [0.25, 0.3) is 0 Å². The van der Waals surface area contributed by atoms with Gasteiger partial charge in [0.15, 0.2) is 11.6 Å². The van der Waals surface area contributed by atoms with Crippen molar-refractivity contribution >= 4 is 5.91 Å². The second-order valence-corrected chi connectivity index (χ2v) is 6.98. The molecule has 2 aliphatic rings. The Kier molecular flexibility index (Phi) is 6.26. The molecule has 138 valence electrons. The van der Waals surface area contributed by atoms with Crippen molar-refractivity contribution in [1.29, 1.82) is 0 Å². The number of hydrogen-bond donors (Lipinski definition) is 0. The molecule has 1 aromatic rings. The van der Waals surface area contributed by atoms with Crippen molar-refractivity contribution < 1.29 is 18.7 Å². The molecule has 0 aromatic heterocycles. The van der Waals surface area contributed by atoms with Crippen LogP contribution in [-0.2, 0) is 9.53 Å². The van der Waals surface area contributed by atoms with Crippen molar-refractivity contribution in [2.24, 2.45) is 5.92 Å². The Morgan fingerprint density at radius 1 is 1.32 bits per heavy atom. The molecule has 0 N–H and O–H groups in total. The van der Waals surface area contributed by atoms with E-state index in [0.29, 0.717) is 25.0 Å². The maximum atomic E-state index is 13.5. The van der Waals surface area contributed by atoms with Gasteiger partial charge in [-0.25, -0.2) is 4.39 Å². The highest BCUT2D eigenvalue weighted by atomic mass is 19.1. The number of halogens is 1. The van der Waals surface area contributed by atoms with Gasteiger partial charge >= 0.3 is 0 Å². The lowest BCUT2D eigenvalue weighted by molar-refractivity contribution is -0.131. The Morgan fingerprint density at radius 3 is 2.80 bits per heavy atom. The smallest absolute Gasteiger partial charge is 0.236 e. The first kappa shape index (κ1) is 18.1. The van der Waals surface area contributed by atoms with Gasteiger partial charge in [0.1, 0.15) is 6.61 Å². The molecule has 5 nitrogen and oxygen atoms in total. The highest BCUT2D eigenvalue weighted by Gasteiger charge is 2.33. The molecule has 1 heterocycles. The molecule has 6 heteroatoms. The molecule has 1 aromatic carbocycles. The van der Waals surface area contributed by atoms with Gasteiger partial charge < -0.3 is 14.4 Å². The monoisotopic (exact) mass is 350 g/mol. The molecule has 0 bridgehead atoms. The van der Waals surface area contributed by atoms with Crippen LogP contribution in [-0.4, -0.2) is 68.3 Å². The van der Waals surface area contributed by atoms with Crippen LogP contribution in [0.4, 0.5) is 4.39 Å². The molecular formula is C19H27FN2O3. The van der Waals surface area contributed by atoms with Gasteiger partial charge in [0.05, 0.1) is 19.7 Å². The molecule has 2 fully saturated rings. The third-order valence-electron chi connectivity index (χ3n) is 4.86. The third kappa shape index (κ3) is 5.41. The Labute approximate surface area is 148 Å². The minimum Gasteiger partial charge on any atom is -0.489 e. The second kappa shape index (κ2) is 8.63. The molecule has 1 aliphatic heterocycles. The fourth-order valence-corrected chi connectivity index (χ4v) is 3.11. The van der Waals surface area contributed by atoms with Gasteiger partial charge in [-0.3, -0.25) is 9.69 Å². The number of nitrogens with zero attached hydrogens (tertiary/aromatic N) is 2. The van der Waals surface area contributed by atoms with Crippen LogP contribution in [0.15, 0.2) is 24.3 Å². The van der Waals surface area contributed by atoms with Gasteiger partial charge in [0.2, 0.25) is 5.91 Å². The third-order valence-corrected chi connectivity index (χ3v) is 4.86. The summed E-state index contributed by atoms with van der Waals surface area (Å²) in [6, 6.07) is 6.86. The lowest BCUT2D eigenvalue weighted by Crippen LogP contribution is -2.42. The molecule has 1 atom stereocenters.